The number of urea groups is 1. The zero-order valence-electron chi connectivity index (χ0n) is 19.2. The summed E-state index contributed by atoms with van der Waals surface area (Å²) >= 11 is 0. The number of furan rings is 1. The van der Waals surface area contributed by atoms with Gasteiger partial charge in [0.25, 0.3) is 11.8 Å². The number of imide groups is 1. The summed E-state index contributed by atoms with van der Waals surface area (Å²) in [6.45, 7) is 2.70. The van der Waals surface area contributed by atoms with Crippen LogP contribution in [0.4, 0.5) is 9.18 Å². The Kier molecular flexibility index (Phi) is 5.84. The van der Waals surface area contributed by atoms with E-state index in [9.17, 15) is 18.8 Å². The summed E-state index contributed by atoms with van der Waals surface area (Å²) in [5.41, 5.74) is 0.734. The highest BCUT2D eigenvalue weighted by molar-refractivity contribution is 6.07. The van der Waals surface area contributed by atoms with Crippen LogP contribution < -0.4 is 5.32 Å². The predicted octanol–water partition coefficient (Wildman–Crippen LogP) is 3.62. The number of hydrogen-bond donors (Lipinski definition) is 1. The van der Waals surface area contributed by atoms with Crippen molar-refractivity contribution in [2.75, 3.05) is 13.1 Å². The maximum atomic E-state index is 13.9. The van der Waals surface area contributed by atoms with Crippen LogP contribution in [0, 0.1) is 18.7 Å². The van der Waals surface area contributed by atoms with E-state index in [0.717, 1.165) is 5.56 Å². The smallest absolute Gasteiger partial charge is 0.325 e. The molecule has 0 bridgehead atoms. The summed E-state index contributed by atoms with van der Waals surface area (Å²) in [5.74, 6) is -0.862. The number of benzene rings is 1. The number of pyridine rings is 1. The van der Waals surface area contributed by atoms with Gasteiger partial charge in [-0.05, 0) is 55.5 Å². The number of hydrogen-bond acceptors (Lipinski definition) is 5. The number of nitrogens with one attached hydrogen (secondary N) is 1. The molecule has 0 spiro atoms. The fourth-order valence-corrected chi connectivity index (χ4v) is 5.07. The van der Waals surface area contributed by atoms with Gasteiger partial charge in [-0.3, -0.25) is 19.5 Å². The van der Waals surface area contributed by atoms with Gasteiger partial charge < -0.3 is 14.6 Å². The van der Waals surface area contributed by atoms with Crippen LogP contribution in [0.2, 0.25) is 0 Å². The Morgan fingerprint density at radius 1 is 1.17 bits per heavy atom. The molecule has 4 heterocycles. The second-order valence-corrected chi connectivity index (χ2v) is 9.00. The Hall–Kier alpha value is -4.01. The van der Waals surface area contributed by atoms with Gasteiger partial charge in [0.1, 0.15) is 5.82 Å². The Bertz CT molecular complexity index is 1250. The Morgan fingerprint density at radius 2 is 1.91 bits per heavy atom. The quantitative estimate of drug-likeness (QED) is 0.568. The van der Waals surface area contributed by atoms with Crippen LogP contribution in [-0.4, -0.2) is 45.7 Å². The highest BCUT2D eigenvalue weighted by Crippen LogP contribution is 2.41. The molecule has 2 aliphatic heterocycles. The maximum absolute atomic E-state index is 13.9. The number of likely N-dealkylation sites (tertiary alicyclic amines) is 1. The van der Waals surface area contributed by atoms with Gasteiger partial charge in [-0.2, -0.15) is 0 Å². The summed E-state index contributed by atoms with van der Waals surface area (Å²) in [6.07, 6.45) is 5.73. The van der Waals surface area contributed by atoms with Crippen molar-refractivity contribution in [3.8, 4) is 0 Å². The van der Waals surface area contributed by atoms with Crippen molar-refractivity contribution < 1.29 is 23.2 Å². The van der Waals surface area contributed by atoms with E-state index in [1.54, 1.807) is 47.6 Å². The average molecular weight is 477 g/mol. The molecule has 8 nitrogen and oxygen atoms in total. The molecule has 5 rings (SSSR count). The molecule has 0 saturated carbocycles. The summed E-state index contributed by atoms with van der Waals surface area (Å²) in [4.78, 5) is 47.0. The molecular weight excluding hydrogens is 451 g/mol. The fourth-order valence-electron chi connectivity index (χ4n) is 5.07. The van der Waals surface area contributed by atoms with Gasteiger partial charge in [-0.25, -0.2) is 9.18 Å². The molecule has 35 heavy (non-hydrogen) atoms. The van der Waals surface area contributed by atoms with E-state index >= 15 is 0 Å². The van der Waals surface area contributed by atoms with E-state index in [1.807, 2.05) is 6.92 Å². The van der Waals surface area contributed by atoms with E-state index in [1.165, 1.54) is 23.3 Å². The maximum Gasteiger partial charge on any atom is 0.325 e. The number of rotatable bonds is 5. The van der Waals surface area contributed by atoms with Crippen molar-refractivity contribution >= 4 is 17.8 Å². The van der Waals surface area contributed by atoms with Crippen molar-refractivity contribution in [1.82, 2.24) is 20.1 Å². The first-order valence-corrected chi connectivity index (χ1v) is 11.5. The van der Waals surface area contributed by atoms with Crippen LogP contribution in [0.3, 0.4) is 0 Å². The molecule has 1 N–H and O–H groups in total. The van der Waals surface area contributed by atoms with Gasteiger partial charge in [0.05, 0.1) is 12.8 Å². The standard InChI is InChI=1S/C26H25FN4O4/c1-17-10-14-35-22(17)23(32)30-12-8-19(9-13-30)26(20-3-2-11-28-15-20)24(33)31(25(34)29-26)16-18-4-6-21(27)7-5-18/h2-7,10-11,14-15,19H,8-9,12-13,16H2,1H3,(H,29,34). The number of nitrogens with zero attached hydrogens (tertiary/aromatic N) is 3. The molecule has 180 valence electrons. The largest absolute Gasteiger partial charge is 0.459 e. The normalized spacial score (nSPS) is 20.9. The van der Waals surface area contributed by atoms with Crippen LogP contribution in [0.25, 0.3) is 0 Å². The van der Waals surface area contributed by atoms with Crippen LogP contribution in [0.1, 0.15) is 40.1 Å². The van der Waals surface area contributed by atoms with Gasteiger partial charge in [-0.15, -0.1) is 0 Å². The highest BCUT2D eigenvalue weighted by atomic mass is 19.1. The van der Waals surface area contributed by atoms with E-state index in [4.69, 9.17) is 4.42 Å². The Labute approximate surface area is 201 Å². The molecule has 2 saturated heterocycles. The average Bonchev–Trinajstić information content (AvgIpc) is 3.42. The Balaban J connectivity index is 1.41. The van der Waals surface area contributed by atoms with Gasteiger partial charge in [-0.1, -0.05) is 18.2 Å². The third-order valence-corrected chi connectivity index (χ3v) is 6.95. The number of aryl methyl sites for hydroxylation is 1. The number of amides is 4. The molecule has 9 heteroatoms. The number of aromatic nitrogens is 1. The number of carbonyl (C=O) groups is 3. The first kappa shape index (κ1) is 22.8. The number of piperidine rings is 1. The van der Waals surface area contributed by atoms with Gasteiger partial charge in [0.15, 0.2) is 11.3 Å². The van der Waals surface area contributed by atoms with E-state index in [2.05, 4.69) is 10.3 Å². The molecule has 3 aromatic rings. The number of halogens is 1. The van der Waals surface area contributed by atoms with Crippen LogP contribution in [0.5, 0.6) is 0 Å². The third-order valence-electron chi connectivity index (χ3n) is 6.95. The molecule has 2 aromatic heterocycles. The molecule has 0 aliphatic carbocycles. The second kappa shape index (κ2) is 8.98. The van der Waals surface area contributed by atoms with Crippen molar-refractivity contribution in [2.24, 2.45) is 5.92 Å². The minimum absolute atomic E-state index is 0.0298. The minimum atomic E-state index is -1.29. The number of carbonyl (C=O) groups excluding carboxylic acids is 3. The molecule has 1 aromatic carbocycles. The van der Waals surface area contributed by atoms with Crippen molar-refractivity contribution in [3.05, 3.63) is 89.4 Å². The second-order valence-electron chi connectivity index (χ2n) is 9.00. The molecule has 1 unspecified atom stereocenters. The molecule has 2 fully saturated rings. The van der Waals surface area contributed by atoms with Crippen LogP contribution in [0.15, 0.2) is 65.5 Å². The first-order valence-electron chi connectivity index (χ1n) is 11.5. The summed E-state index contributed by atoms with van der Waals surface area (Å²) in [5, 5.41) is 2.97. The predicted molar refractivity (Wildman–Crippen MR) is 123 cm³/mol. The van der Waals surface area contributed by atoms with E-state index < -0.39 is 11.6 Å². The van der Waals surface area contributed by atoms with E-state index in [-0.39, 0.29) is 30.1 Å². The van der Waals surface area contributed by atoms with Crippen molar-refractivity contribution in [3.63, 3.8) is 0 Å². The SMILES string of the molecule is Cc1ccoc1C(=O)N1CCC(C2(c3cccnc3)NC(=O)N(Cc3ccc(F)cc3)C2=O)CC1. The van der Waals surface area contributed by atoms with Crippen LogP contribution in [-0.2, 0) is 16.9 Å². The van der Waals surface area contributed by atoms with Crippen molar-refractivity contribution in [1.29, 1.82) is 0 Å². The third kappa shape index (κ3) is 3.96. The monoisotopic (exact) mass is 476 g/mol. The van der Waals surface area contributed by atoms with E-state index in [0.29, 0.717) is 42.8 Å². The molecule has 2 aliphatic rings. The summed E-state index contributed by atoms with van der Waals surface area (Å²) in [7, 11) is 0. The lowest BCUT2D eigenvalue weighted by Crippen LogP contribution is -2.54. The van der Waals surface area contributed by atoms with Gasteiger partial charge >= 0.3 is 6.03 Å². The van der Waals surface area contributed by atoms with Gasteiger partial charge in [0, 0.05) is 36.6 Å². The zero-order chi connectivity index (χ0) is 24.6. The molecule has 1 atom stereocenters. The lowest BCUT2D eigenvalue weighted by Gasteiger charge is -2.40. The molecule has 4 amide bonds. The lowest BCUT2D eigenvalue weighted by atomic mass is 9.73. The first-order chi connectivity index (χ1) is 16.9. The molecule has 0 radical (unpaired) electrons. The minimum Gasteiger partial charge on any atom is -0.459 e. The van der Waals surface area contributed by atoms with Gasteiger partial charge in [0.2, 0.25) is 0 Å². The van der Waals surface area contributed by atoms with Crippen molar-refractivity contribution in [2.45, 2.75) is 31.8 Å². The summed E-state index contributed by atoms with van der Waals surface area (Å²) < 4.78 is 18.7. The zero-order valence-corrected chi connectivity index (χ0v) is 19.2. The fraction of sp³-hybridized carbons (Fsp3) is 0.308. The molecular formula is C26H25FN4O4. The summed E-state index contributed by atoms with van der Waals surface area (Å²) in [6, 6.07) is 10.5. The van der Waals surface area contributed by atoms with Crippen LogP contribution >= 0.6 is 0 Å². The lowest BCUT2D eigenvalue weighted by molar-refractivity contribution is -0.134. The topological polar surface area (TPSA) is 95.8 Å². The Morgan fingerprint density at radius 3 is 2.54 bits per heavy atom. The highest BCUT2D eigenvalue weighted by Gasteiger charge is 2.57.